The molecule has 0 spiro atoms. The van der Waals surface area contributed by atoms with Crippen LogP contribution in [-0.4, -0.2) is 44.0 Å². The largest absolute Gasteiger partial charge is 0.465 e. The van der Waals surface area contributed by atoms with Gasteiger partial charge in [0.1, 0.15) is 6.04 Å². The second-order valence-electron chi connectivity index (χ2n) is 4.39. The van der Waals surface area contributed by atoms with Crippen LogP contribution in [0.2, 0.25) is 0 Å². The average Bonchev–Trinajstić information content (AvgIpc) is 2.25. The van der Waals surface area contributed by atoms with Crippen LogP contribution >= 0.6 is 0 Å². The molecule has 7 heteroatoms. The van der Waals surface area contributed by atoms with Gasteiger partial charge in [0.15, 0.2) is 0 Å². The van der Waals surface area contributed by atoms with Gasteiger partial charge in [0.2, 0.25) is 0 Å². The first-order valence-corrected chi connectivity index (χ1v) is 6.33. The lowest BCUT2D eigenvalue weighted by atomic mass is 10.2. The van der Waals surface area contributed by atoms with Crippen molar-refractivity contribution in [2.24, 2.45) is 0 Å². The molecule has 1 unspecified atom stereocenters. The molecule has 114 valence electrons. The summed E-state index contributed by atoms with van der Waals surface area (Å²) in [5.74, 6) is -0.407. The van der Waals surface area contributed by atoms with E-state index >= 15 is 0 Å². The molecule has 0 rings (SSSR count). The van der Waals surface area contributed by atoms with E-state index in [0.717, 1.165) is 0 Å². The Kier molecular flexibility index (Phi) is 8.75. The minimum Gasteiger partial charge on any atom is -0.465 e. The van der Waals surface area contributed by atoms with Gasteiger partial charge in [-0.3, -0.25) is 4.79 Å². The lowest BCUT2D eigenvalue weighted by Crippen LogP contribution is -2.42. The van der Waals surface area contributed by atoms with E-state index in [0.29, 0.717) is 0 Å². The SMILES string of the molecule is CCOC(=O)C(CCOCCC(F)(F)F)NC(C)C. The van der Waals surface area contributed by atoms with Gasteiger partial charge in [-0.25, -0.2) is 0 Å². The Bertz CT molecular complexity index is 257. The quantitative estimate of drug-likeness (QED) is 0.521. The van der Waals surface area contributed by atoms with Crippen LogP contribution in [0, 0.1) is 0 Å². The number of carbonyl (C=O) groups excluding carboxylic acids is 1. The van der Waals surface area contributed by atoms with Gasteiger partial charge in [-0.15, -0.1) is 0 Å². The van der Waals surface area contributed by atoms with Crippen molar-refractivity contribution in [2.45, 2.75) is 51.9 Å². The fourth-order valence-electron chi connectivity index (χ4n) is 1.41. The van der Waals surface area contributed by atoms with Crippen molar-refractivity contribution in [1.82, 2.24) is 5.32 Å². The molecule has 0 fully saturated rings. The van der Waals surface area contributed by atoms with Gasteiger partial charge >= 0.3 is 12.1 Å². The van der Waals surface area contributed by atoms with Crippen LogP contribution in [-0.2, 0) is 14.3 Å². The van der Waals surface area contributed by atoms with Crippen molar-refractivity contribution in [3.05, 3.63) is 0 Å². The molecule has 0 saturated heterocycles. The second kappa shape index (κ2) is 9.14. The highest BCUT2D eigenvalue weighted by Crippen LogP contribution is 2.18. The van der Waals surface area contributed by atoms with Crippen molar-refractivity contribution in [3.63, 3.8) is 0 Å². The van der Waals surface area contributed by atoms with Crippen molar-refractivity contribution in [3.8, 4) is 0 Å². The molecule has 0 heterocycles. The Labute approximate surface area is 111 Å². The number of carbonyl (C=O) groups is 1. The highest BCUT2D eigenvalue weighted by atomic mass is 19.4. The van der Waals surface area contributed by atoms with E-state index < -0.39 is 24.6 Å². The number of nitrogens with one attached hydrogen (secondary N) is 1. The zero-order valence-electron chi connectivity index (χ0n) is 11.5. The van der Waals surface area contributed by atoms with Crippen LogP contribution in [0.5, 0.6) is 0 Å². The number of hydrogen-bond donors (Lipinski definition) is 1. The summed E-state index contributed by atoms with van der Waals surface area (Å²) in [6, 6.07) is -0.476. The number of esters is 1. The van der Waals surface area contributed by atoms with E-state index in [1.54, 1.807) is 6.92 Å². The molecule has 0 saturated carbocycles. The Morgan fingerprint density at radius 1 is 1.26 bits per heavy atom. The van der Waals surface area contributed by atoms with E-state index in [4.69, 9.17) is 9.47 Å². The molecule has 0 radical (unpaired) electrons. The summed E-state index contributed by atoms with van der Waals surface area (Å²) in [5, 5.41) is 2.99. The van der Waals surface area contributed by atoms with Crippen molar-refractivity contribution < 1.29 is 27.4 Å². The van der Waals surface area contributed by atoms with Crippen LogP contribution < -0.4 is 5.32 Å². The summed E-state index contributed by atoms with van der Waals surface area (Å²) in [4.78, 5) is 11.6. The van der Waals surface area contributed by atoms with Gasteiger partial charge in [-0.1, -0.05) is 13.8 Å². The first-order chi connectivity index (χ1) is 8.76. The zero-order valence-corrected chi connectivity index (χ0v) is 11.5. The van der Waals surface area contributed by atoms with Crippen LogP contribution in [0.3, 0.4) is 0 Å². The second-order valence-corrected chi connectivity index (χ2v) is 4.39. The van der Waals surface area contributed by atoms with E-state index in [1.807, 2.05) is 13.8 Å². The number of rotatable bonds is 9. The van der Waals surface area contributed by atoms with Gasteiger partial charge < -0.3 is 14.8 Å². The molecule has 0 aromatic carbocycles. The Balaban J connectivity index is 3.96. The van der Waals surface area contributed by atoms with Crippen molar-refractivity contribution in [1.29, 1.82) is 0 Å². The summed E-state index contributed by atoms with van der Waals surface area (Å²) >= 11 is 0. The third-order valence-corrected chi connectivity index (χ3v) is 2.19. The van der Waals surface area contributed by atoms with E-state index in [2.05, 4.69) is 5.32 Å². The monoisotopic (exact) mass is 285 g/mol. The number of halogens is 3. The van der Waals surface area contributed by atoms with Crippen LogP contribution in [0.4, 0.5) is 13.2 Å². The maximum atomic E-state index is 11.9. The Hall–Kier alpha value is -0.820. The molecular weight excluding hydrogens is 263 g/mol. The van der Waals surface area contributed by atoms with Gasteiger partial charge in [0.25, 0.3) is 0 Å². The summed E-state index contributed by atoms with van der Waals surface area (Å²) in [6.07, 6.45) is -4.90. The average molecular weight is 285 g/mol. The molecule has 0 aromatic heterocycles. The minimum absolute atomic E-state index is 0.0737. The first-order valence-electron chi connectivity index (χ1n) is 6.33. The Morgan fingerprint density at radius 3 is 2.37 bits per heavy atom. The third kappa shape index (κ3) is 10.8. The molecule has 0 amide bonds. The lowest BCUT2D eigenvalue weighted by Gasteiger charge is -2.19. The minimum atomic E-state index is -4.21. The van der Waals surface area contributed by atoms with E-state index in [1.165, 1.54) is 0 Å². The molecular formula is C12H22F3NO3. The van der Waals surface area contributed by atoms with Crippen LogP contribution in [0.15, 0.2) is 0 Å². The standard InChI is InChI=1S/C12H22F3NO3/c1-4-19-11(17)10(16-9(2)3)5-7-18-8-6-12(13,14)15/h9-10,16H,4-8H2,1-3H3. The summed E-state index contributed by atoms with van der Waals surface area (Å²) in [6.45, 7) is 5.40. The van der Waals surface area contributed by atoms with E-state index in [9.17, 15) is 18.0 Å². The maximum absolute atomic E-state index is 11.9. The van der Waals surface area contributed by atoms with Gasteiger partial charge in [-0.2, -0.15) is 13.2 Å². The first kappa shape index (κ1) is 18.2. The van der Waals surface area contributed by atoms with E-state index in [-0.39, 0.29) is 32.3 Å². The van der Waals surface area contributed by atoms with Gasteiger partial charge in [-0.05, 0) is 13.3 Å². The summed E-state index contributed by atoms with van der Waals surface area (Å²) in [7, 11) is 0. The molecule has 0 aliphatic heterocycles. The molecule has 0 aliphatic carbocycles. The van der Waals surface area contributed by atoms with Crippen molar-refractivity contribution in [2.75, 3.05) is 19.8 Å². The smallest absolute Gasteiger partial charge is 0.391 e. The van der Waals surface area contributed by atoms with Gasteiger partial charge in [0.05, 0.1) is 19.6 Å². The third-order valence-electron chi connectivity index (χ3n) is 2.19. The van der Waals surface area contributed by atoms with Crippen molar-refractivity contribution >= 4 is 5.97 Å². The lowest BCUT2D eigenvalue weighted by molar-refractivity contribution is -0.149. The summed E-state index contributed by atoms with van der Waals surface area (Å²) < 4.78 is 45.4. The summed E-state index contributed by atoms with van der Waals surface area (Å²) in [5.41, 5.74) is 0. The number of hydrogen-bond acceptors (Lipinski definition) is 4. The predicted octanol–water partition coefficient (Wildman–Crippen LogP) is 2.28. The predicted molar refractivity (Wildman–Crippen MR) is 64.8 cm³/mol. The number of ether oxygens (including phenoxy) is 2. The molecule has 1 N–H and O–H groups in total. The fraction of sp³-hybridized carbons (Fsp3) is 0.917. The molecule has 1 atom stereocenters. The molecule has 0 bridgehead atoms. The molecule has 0 aromatic rings. The highest BCUT2D eigenvalue weighted by Gasteiger charge is 2.26. The topological polar surface area (TPSA) is 47.6 Å². The molecule has 0 aliphatic rings. The molecule has 19 heavy (non-hydrogen) atoms. The molecule has 4 nitrogen and oxygen atoms in total. The Morgan fingerprint density at radius 2 is 1.89 bits per heavy atom. The van der Waals surface area contributed by atoms with Crippen LogP contribution in [0.1, 0.15) is 33.6 Å². The zero-order chi connectivity index (χ0) is 14.9. The normalized spacial score (nSPS) is 13.6. The van der Waals surface area contributed by atoms with Crippen LogP contribution in [0.25, 0.3) is 0 Å². The van der Waals surface area contributed by atoms with Gasteiger partial charge in [0, 0.05) is 12.6 Å². The number of alkyl halides is 3. The maximum Gasteiger partial charge on any atom is 0.391 e. The fourth-order valence-corrected chi connectivity index (χ4v) is 1.41. The highest BCUT2D eigenvalue weighted by molar-refractivity contribution is 5.75.